The number of rotatable bonds is 13. The zero-order valence-corrected chi connectivity index (χ0v) is 27.3. The largest absolute Gasteiger partial charge is 0.497 e. The van der Waals surface area contributed by atoms with Crippen LogP contribution in [0.1, 0.15) is 50.3 Å². The maximum absolute atomic E-state index is 14.0. The predicted octanol–water partition coefficient (Wildman–Crippen LogP) is 5.76. The van der Waals surface area contributed by atoms with Crippen molar-refractivity contribution in [2.75, 3.05) is 24.2 Å². The second-order valence-corrected chi connectivity index (χ2v) is 14.0. The molecule has 232 valence electrons. The van der Waals surface area contributed by atoms with Crippen molar-refractivity contribution in [1.29, 1.82) is 0 Å². The van der Waals surface area contributed by atoms with E-state index in [9.17, 15) is 18.0 Å². The number of carbonyl (C=O) groups excluding carboxylic acids is 2. The van der Waals surface area contributed by atoms with Crippen molar-refractivity contribution in [3.63, 3.8) is 0 Å². The molecule has 0 aromatic heterocycles. The Hall–Kier alpha value is -3.56. The Labute approximate surface area is 261 Å². The van der Waals surface area contributed by atoms with Crippen LogP contribution in [0.4, 0.5) is 5.69 Å². The van der Waals surface area contributed by atoms with Crippen molar-refractivity contribution in [2.45, 2.75) is 65.1 Å². The average Bonchev–Trinajstić information content (AvgIpc) is 2.93. The van der Waals surface area contributed by atoms with E-state index in [0.717, 1.165) is 22.9 Å². The van der Waals surface area contributed by atoms with Crippen LogP contribution in [0.15, 0.2) is 72.8 Å². The molecule has 8 nitrogen and oxygen atoms in total. The lowest BCUT2D eigenvalue weighted by atomic mass is 10.00. The molecule has 1 atom stereocenters. The molecule has 0 aliphatic rings. The second-order valence-electron chi connectivity index (χ2n) is 11.7. The van der Waals surface area contributed by atoms with Crippen LogP contribution < -0.4 is 14.4 Å². The first-order valence-corrected chi connectivity index (χ1v) is 16.4. The van der Waals surface area contributed by atoms with E-state index in [1.54, 1.807) is 30.2 Å². The van der Waals surface area contributed by atoms with Gasteiger partial charge in [-0.25, -0.2) is 8.42 Å². The first-order chi connectivity index (χ1) is 20.2. The van der Waals surface area contributed by atoms with E-state index in [-0.39, 0.29) is 37.7 Å². The number of sulfonamides is 1. The predicted molar refractivity (Wildman–Crippen MR) is 173 cm³/mol. The minimum Gasteiger partial charge on any atom is -0.497 e. The molecule has 0 aliphatic carbocycles. The SMILES string of the molecule is COc1cccc(CN(C(=O)CCCN(c2cc(Cl)ccc2C)S(C)(=O)=O)[C@@H](Cc2ccccc2)C(=O)NC(C)(C)C)c1. The van der Waals surface area contributed by atoms with Crippen LogP contribution in [0.5, 0.6) is 5.75 Å². The number of methoxy groups -OCH3 is 1. The summed E-state index contributed by atoms with van der Waals surface area (Å²) in [5.41, 5.74) is 2.44. The van der Waals surface area contributed by atoms with Gasteiger partial charge in [-0.15, -0.1) is 0 Å². The summed E-state index contributed by atoms with van der Waals surface area (Å²) in [4.78, 5) is 29.4. The summed E-state index contributed by atoms with van der Waals surface area (Å²) in [6.07, 6.45) is 1.72. The Morgan fingerprint density at radius 1 is 0.977 bits per heavy atom. The summed E-state index contributed by atoms with van der Waals surface area (Å²) in [5.74, 6) is 0.119. The van der Waals surface area contributed by atoms with E-state index in [1.165, 1.54) is 4.31 Å². The lowest BCUT2D eigenvalue weighted by Gasteiger charge is -2.34. The summed E-state index contributed by atoms with van der Waals surface area (Å²) in [5, 5.41) is 3.47. The molecular formula is C33H42ClN3O5S. The van der Waals surface area contributed by atoms with Gasteiger partial charge in [-0.2, -0.15) is 0 Å². The van der Waals surface area contributed by atoms with Crippen molar-refractivity contribution in [1.82, 2.24) is 10.2 Å². The first-order valence-electron chi connectivity index (χ1n) is 14.2. The van der Waals surface area contributed by atoms with E-state index < -0.39 is 21.6 Å². The molecule has 2 amide bonds. The number of nitrogens with zero attached hydrogens (tertiary/aromatic N) is 2. The molecule has 3 aromatic carbocycles. The molecule has 0 heterocycles. The lowest BCUT2D eigenvalue weighted by molar-refractivity contribution is -0.142. The highest BCUT2D eigenvalue weighted by Gasteiger charge is 2.32. The summed E-state index contributed by atoms with van der Waals surface area (Å²) in [6.45, 7) is 7.76. The average molecular weight is 628 g/mol. The molecule has 0 unspecified atom stereocenters. The molecule has 0 spiro atoms. The van der Waals surface area contributed by atoms with Crippen LogP contribution >= 0.6 is 11.6 Å². The summed E-state index contributed by atoms with van der Waals surface area (Å²) in [6, 6.07) is 21.2. The molecule has 0 bridgehead atoms. The molecule has 0 saturated heterocycles. The number of carbonyl (C=O) groups is 2. The van der Waals surface area contributed by atoms with Gasteiger partial charge in [0.05, 0.1) is 19.1 Å². The fourth-order valence-corrected chi connectivity index (χ4v) is 5.99. The standard InChI is InChI=1S/C33H42ClN3O5S/c1-24-17-18-27(34)22-29(24)37(43(6,40)41)19-11-16-31(38)36(23-26-14-10-15-28(20-26)42-5)30(32(39)35-33(2,3)4)21-25-12-8-7-9-13-25/h7-10,12-15,17-18,20,22,30H,11,16,19,21,23H2,1-6H3,(H,35,39)/t30-/m0/s1. The van der Waals surface area contributed by atoms with E-state index in [1.807, 2.05) is 82.3 Å². The van der Waals surface area contributed by atoms with E-state index >= 15 is 0 Å². The van der Waals surface area contributed by atoms with Crippen LogP contribution in [0.2, 0.25) is 5.02 Å². The van der Waals surface area contributed by atoms with Gasteiger partial charge in [0.25, 0.3) is 0 Å². The molecule has 0 fully saturated rings. The minimum absolute atomic E-state index is 0.0314. The first kappa shape index (κ1) is 33.9. The van der Waals surface area contributed by atoms with Crippen molar-refractivity contribution in [3.05, 3.63) is 94.5 Å². The summed E-state index contributed by atoms with van der Waals surface area (Å²) in [7, 11) is -2.08. The number of nitrogens with one attached hydrogen (secondary N) is 1. The Kier molecular flexibility index (Phi) is 11.6. The summed E-state index contributed by atoms with van der Waals surface area (Å²) < 4.78 is 32.2. The van der Waals surface area contributed by atoms with Gasteiger partial charge in [-0.05, 0) is 75.1 Å². The number of ether oxygens (including phenoxy) is 1. The van der Waals surface area contributed by atoms with Crippen LogP contribution in [-0.2, 0) is 32.6 Å². The topological polar surface area (TPSA) is 96.0 Å². The molecule has 1 N–H and O–H groups in total. The quantitative estimate of drug-likeness (QED) is 0.260. The van der Waals surface area contributed by atoms with Crippen molar-refractivity contribution in [2.24, 2.45) is 0 Å². The van der Waals surface area contributed by atoms with Gasteiger partial charge in [0.2, 0.25) is 21.8 Å². The fourth-order valence-electron chi connectivity index (χ4n) is 4.81. The van der Waals surface area contributed by atoms with Gasteiger partial charge in [-0.3, -0.25) is 13.9 Å². The maximum atomic E-state index is 14.0. The van der Waals surface area contributed by atoms with E-state index in [4.69, 9.17) is 16.3 Å². The monoisotopic (exact) mass is 627 g/mol. The van der Waals surface area contributed by atoms with Crippen LogP contribution in [-0.4, -0.2) is 56.6 Å². The molecule has 0 radical (unpaired) electrons. The van der Waals surface area contributed by atoms with E-state index in [2.05, 4.69) is 5.32 Å². The number of hydrogen-bond donors (Lipinski definition) is 1. The number of aryl methyl sites for hydroxylation is 1. The van der Waals surface area contributed by atoms with Crippen molar-refractivity contribution < 1.29 is 22.7 Å². The number of anilines is 1. The zero-order valence-electron chi connectivity index (χ0n) is 25.8. The van der Waals surface area contributed by atoms with Crippen molar-refractivity contribution in [3.8, 4) is 5.75 Å². The highest BCUT2D eigenvalue weighted by atomic mass is 35.5. The molecule has 43 heavy (non-hydrogen) atoms. The number of hydrogen-bond acceptors (Lipinski definition) is 5. The zero-order chi connectivity index (χ0) is 31.8. The summed E-state index contributed by atoms with van der Waals surface area (Å²) >= 11 is 6.18. The molecule has 0 aliphatic heterocycles. The van der Waals surface area contributed by atoms with Gasteiger partial charge in [0, 0.05) is 36.5 Å². The number of halogens is 1. The van der Waals surface area contributed by atoms with Crippen LogP contribution in [0, 0.1) is 6.92 Å². The molecule has 3 aromatic rings. The highest BCUT2D eigenvalue weighted by Crippen LogP contribution is 2.27. The third-order valence-corrected chi connectivity index (χ3v) is 8.26. The molecule has 0 saturated carbocycles. The Bertz CT molecular complexity index is 1510. The molecule has 3 rings (SSSR count). The Morgan fingerprint density at radius 3 is 2.28 bits per heavy atom. The minimum atomic E-state index is -3.65. The smallest absolute Gasteiger partial charge is 0.243 e. The van der Waals surface area contributed by atoms with Gasteiger partial charge in [-0.1, -0.05) is 60.1 Å². The normalized spacial score (nSPS) is 12.3. The highest BCUT2D eigenvalue weighted by molar-refractivity contribution is 7.92. The maximum Gasteiger partial charge on any atom is 0.243 e. The Morgan fingerprint density at radius 2 is 1.65 bits per heavy atom. The molecular weight excluding hydrogens is 586 g/mol. The number of amides is 2. The third kappa shape index (κ3) is 10.3. The fraction of sp³-hybridized carbons (Fsp3) is 0.394. The van der Waals surface area contributed by atoms with Gasteiger partial charge < -0.3 is 15.0 Å². The Balaban J connectivity index is 1.94. The van der Waals surface area contributed by atoms with Gasteiger partial charge in [0.15, 0.2) is 0 Å². The lowest BCUT2D eigenvalue weighted by Crippen LogP contribution is -2.54. The third-order valence-electron chi connectivity index (χ3n) is 6.85. The van der Waals surface area contributed by atoms with Crippen molar-refractivity contribution >= 4 is 39.1 Å². The van der Waals surface area contributed by atoms with Crippen LogP contribution in [0.25, 0.3) is 0 Å². The van der Waals surface area contributed by atoms with E-state index in [0.29, 0.717) is 22.9 Å². The van der Waals surface area contributed by atoms with Crippen LogP contribution in [0.3, 0.4) is 0 Å². The van der Waals surface area contributed by atoms with Gasteiger partial charge >= 0.3 is 0 Å². The number of benzene rings is 3. The van der Waals surface area contributed by atoms with Gasteiger partial charge in [0.1, 0.15) is 11.8 Å². The molecule has 10 heteroatoms. The second kappa shape index (κ2) is 14.8.